The van der Waals surface area contributed by atoms with Gasteiger partial charge in [0.25, 0.3) is 0 Å². The van der Waals surface area contributed by atoms with E-state index in [4.69, 9.17) is 5.26 Å². The molecule has 0 aliphatic rings. The van der Waals surface area contributed by atoms with Crippen molar-refractivity contribution < 1.29 is 0 Å². The van der Waals surface area contributed by atoms with Gasteiger partial charge in [-0.1, -0.05) is 6.07 Å². The molecule has 1 heterocycles. The zero-order valence-corrected chi connectivity index (χ0v) is 8.94. The van der Waals surface area contributed by atoms with E-state index in [1.165, 1.54) is 0 Å². The maximum absolute atomic E-state index is 8.98. The second-order valence-electron chi connectivity index (χ2n) is 3.53. The van der Waals surface area contributed by atoms with Gasteiger partial charge in [0.2, 0.25) is 0 Å². The number of nitriles is 1. The van der Waals surface area contributed by atoms with Gasteiger partial charge in [0.05, 0.1) is 23.1 Å². The van der Waals surface area contributed by atoms with Gasteiger partial charge in [-0.25, -0.2) is 0 Å². The van der Waals surface area contributed by atoms with Crippen LogP contribution in [0.3, 0.4) is 0 Å². The third-order valence-electron chi connectivity index (χ3n) is 2.24. The number of nitrogens with one attached hydrogen (secondary N) is 1. The Kier molecular flexibility index (Phi) is 2.84. The summed E-state index contributed by atoms with van der Waals surface area (Å²) in [5.74, 6) is 0. The SMILES string of the molecule is Cc1ccc(C#N)c(Nc2cccnc2)c1. The molecule has 16 heavy (non-hydrogen) atoms. The van der Waals surface area contributed by atoms with Crippen molar-refractivity contribution in [3.8, 4) is 6.07 Å². The molecule has 1 aromatic carbocycles. The Labute approximate surface area is 94.4 Å². The number of anilines is 2. The number of aromatic nitrogens is 1. The van der Waals surface area contributed by atoms with Gasteiger partial charge in [0, 0.05) is 6.20 Å². The smallest absolute Gasteiger partial charge is 0.101 e. The Balaban J connectivity index is 2.35. The fourth-order valence-electron chi connectivity index (χ4n) is 1.45. The van der Waals surface area contributed by atoms with Crippen LogP contribution in [0.2, 0.25) is 0 Å². The predicted octanol–water partition coefficient (Wildman–Crippen LogP) is 3.01. The Morgan fingerprint density at radius 2 is 2.19 bits per heavy atom. The van der Waals surface area contributed by atoms with E-state index in [9.17, 15) is 0 Å². The highest BCUT2D eigenvalue weighted by atomic mass is 14.9. The minimum atomic E-state index is 0.634. The van der Waals surface area contributed by atoms with Crippen molar-refractivity contribution in [2.24, 2.45) is 0 Å². The monoisotopic (exact) mass is 209 g/mol. The van der Waals surface area contributed by atoms with Crippen LogP contribution in [0.15, 0.2) is 42.7 Å². The van der Waals surface area contributed by atoms with E-state index in [1.807, 2.05) is 37.3 Å². The maximum atomic E-state index is 8.98. The summed E-state index contributed by atoms with van der Waals surface area (Å²) < 4.78 is 0. The summed E-state index contributed by atoms with van der Waals surface area (Å²) in [7, 11) is 0. The molecule has 0 fully saturated rings. The number of benzene rings is 1. The minimum absolute atomic E-state index is 0.634. The summed E-state index contributed by atoms with van der Waals surface area (Å²) in [5, 5.41) is 12.2. The normalized spacial score (nSPS) is 9.50. The molecule has 0 spiro atoms. The fourth-order valence-corrected chi connectivity index (χ4v) is 1.45. The van der Waals surface area contributed by atoms with E-state index in [0.29, 0.717) is 5.56 Å². The highest BCUT2D eigenvalue weighted by Gasteiger charge is 2.02. The van der Waals surface area contributed by atoms with Crippen LogP contribution in [0.5, 0.6) is 0 Å². The van der Waals surface area contributed by atoms with Gasteiger partial charge in [-0.3, -0.25) is 4.98 Å². The molecule has 0 atom stereocenters. The lowest BCUT2D eigenvalue weighted by Gasteiger charge is -2.08. The predicted molar refractivity (Wildman–Crippen MR) is 63.4 cm³/mol. The molecule has 0 unspecified atom stereocenters. The Bertz CT molecular complexity index is 527. The van der Waals surface area contributed by atoms with Crippen LogP contribution in [-0.2, 0) is 0 Å². The van der Waals surface area contributed by atoms with Crippen molar-refractivity contribution in [1.29, 1.82) is 5.26 Å². The molecular weight excluding hydrogens is 198 g/mol. The molecule has 0 radical (unpaired) electrons. The Hall–Kier alpha value is -2.34. The van der Waals surface area contributed by atoms with E-state index in [-0.39, 0.29) is 0 Å². The molecule has 0 aliphatic heterocycles. The van der Waals surface area contributed by atoms with Crippen LogP contribution < -0.4 is 5.32 Å². The lowest BCUT2D eigenvalue weighted by molar-refractivity contribution is 1.32. The van der Waals surface area contributed by atoms with Gasteiger partial charge < -0.3 is 5.32 Å². The van der Waals surface area contributed by atoms with Crippen LogP contribution in [-0.4, -0.2) is 4.98 Å². The standard InChI is InChI=1S/C13H11N3/c1-10-4-5-11(8-14)13(7-10)16-12-3-2-6-15-9-12/h2-7,9,16H,1H3. The van der Waals surface area contributed by atoms with Crippen molar-refractivity contribution in [2.45, 2.75) is 6.92 Å². The highest BCUT2D eigenvalue weighted by Crippen LogP contribution is 2.20. The summed E-state index contributed by atoms with van der Waals surface area (Å²) in [5.41, 5.74) is 3.44. The molecule has 0 bridgehead atoms. The molecule has 0 aliphatic carbocycles. The van der Waals surface area contributed by atoms with Crippen molar-refractivity contribution in [2.75, 3.05) is 5.32 Å². The van der Waals surface area contributed by atoms with E-state index < -0.39 is 0 Å². The van der Waals surface area contributed by atoms with E-state index >= 15 is 0 Å². The molecule has 1 N–H and O–H groups in total. The van der Waals surface area contributed by atoms with Crippen molar-refractivity contribution in [3.05, 3.63) is 53.9 Å². The first kappa shape index (κ1) is 10.2. The van der Waals surface area contributed by atoms with Gasteiger partial charge in [-0.2, -0.15) is 5.26 Å². The van der Waals surface area contributed by atoms with Crippen LogP contribution in [0.1, 0.15) is 11.1 Å². The number of nitrogens with zero attached hydrogens (tertiary/aromatic N) is 2. The molecule has 2 rings (SSSR count). The van der Waals surface area contributed by atoms with Crippen LogP contribution >= 0.6 is 0 Å². The molecule has 2 aromatic rings. The molecule has 3 heteroatoms. The first-order chi connectivity index (χ1) is 7.79. The van der Waals surface area contributed by atoms with E-state index in [1.54, 1.807) is 12.4 Å². The second-order valence-corrected chi connectivity index (χ2v) is 3.53. The zero-order valence-electron chi connectivity index (χ0n) is 8.94. The third-order valence-corrected chi connectivity index (χ3v) is 2.24. The summed E-state index contributed by atoms with van der Waals surface area (Å²) >= 11 is 0. The number of hydrogen-bond donors (Lipinski definition) is 1. The van der Waals surface area contributed by atoms with Crippen LogP contribution in [0, 0.1) is 18.3 Å². The number of pyridine rings is 1. The topological polar surface area (TPSA) is 48.7 Å². The molecule has 3 nitrogen and oxygen atoms in total. The lowest BCUT2D eigenvalue weighted by atomic mass is 10.1. The molecule has 0 saturated carbocycles. The number of rotatable bonds is 2. The minimum Gasteiger partial charge on any atom is -0.353 e. The zero-order chi connectivity index (χ0) is 11.4. The van der Waals surface area contributed by atoms with Gasteiger partial charge in [0.1, 0.15) is 6.07 Å². The Morgan fingerprint density at radius 1 is 1.31 bits per heavy atom. The quantitative estimate of drug-likeness (QED) is 0.827. The van der Waals surface area contributed by atoms with Crippen molar-refractivity contribution in [3.63, 3.8) is 0 Å². The fraction of sp³-hybridized carbons (Fsp3) is 0.0769. The largest absolute Gasteiger partial charge is 0.353 e. The summed E-state index contributed by atoms with van der Waals surface area (Å²) in [6, 6.07) is 11.6. The van der Waals surface area contributed by atoms with Crippen LogP contribution in [0.25, 0.3) is 0 Å². The highest BCUT2D eigenvalue weighted by molar-refractivity contribution is 5.66. The van der Waals surface area contributed by atoms with Crippen LogP contribution in [0.4, 0.5) is 11.4 Å². The van der Waals surface area contributed by atoms with Crippen molar-refractivity contribution >= 4 is 11.4 Å². The molecular formula is C13H11N3. The third kappa shape index (κ3) is 2.18. The lowest BCUT2D eigenvalue weighted by Crippen LogP contribution is -1.94. The first-order valence-electron chi connectivity index (χ1n) is 4.97. The number of aryl methyl sites for hydroxylation is 1. The average Bonchev–Trinajstić information content (AvgIpc) is 2.31. The van der Waals surface area contributed by atoms with Gasteiger partial charge in [-0.05, 0) is 36.8 Å². The molecule has 1 aromatic heterocycles. The molecule has 0 amide bonds. The van der Waals surface area contributed by atoms with Gasteiger partial charge in [-0.15, -0.1) is 0 Å². The van der Waals surface area contributed by atoms with Gasteiger partial charge in [0.15, 0.2) is 0 Å². The average molecular weight is 209 g/mol. The van der Waals surface area contributed by atoms with E-state index in [2.05, 4.69) is 16.4 Å². The van der Waals surface area contributed by atoms with Gasteiger partial charge >= 0.3 is 0 Å². The first-order valence-corrected chi connectivity index (χ1v) is 4.97. The maximum Gasteiger partial charge on any atom is 0.101 e. The van der Waals surface area contributed by atoms with E-state index in [0.717, 1.165) is 16.9 Å². The molecule has 0 saturated heterocycles. The second kappa shape index (κ2) is 4.45. The number of hydrogen-bond acceptors (Lipinski definition) is 3. The van der Waals surface area contributed by atoms with Crippen molar-refractivity contribution in [1.82, 2.24) is 4.98 Å². The Morgan fingerprint density at radius 3 is 2.88 bits per heavy atom. The summed E-state index contributed by atoms with van der Waals surface area (Å²) in [6.45, 7) is 2.00. The molecule has 78 valence electrons. The summed E-state index contributed by atoms with van der Waals surface area (Å²) in [6.07, 6.45) is 3.44. The summed E-state index contributed by atoms with van der Waals surface area (Å²) in [4.78, 5) is 4.01.